The summed E-state index contributed by atoms with van der Waals surface area (Å²) in [7, 11) is 1.34. The fourth-order valence-corrected chi connectivity index (χ4v) is 5.61. The molecule has 0 amide bonds. The molecule has 7 nitrogen and oxygen atoms in total. The van der Waals surface area contributed by atoms with Gasteiger partial charge in [-0.25, -0.2) is 9.78 Å². The van der Waals surface area contributed by atoms with Crippen LogP contribution in [0.4, 0.5) is 0 Å². The maximum atomic E-state index is 12.9. The monoisotopic (exact) mass is 497 g/mol. The van der Waals surface area contributed by atoms with E-state index >= 15 is 0 Å². The summed E-state index contributed by atoms with van der Waals surface area (Å²) < 4.78 is 10.7. The Balaban J connectivity index is 1.42. The van der Waals surface area contributed by atoms with Gasteiger partial charge in [0, 0.05) is 10.4 Å². The first-order chi connectivity index (χ1) is 17.6. The van der Waals surface area contributed by atoms with Crippen LogP contribution in [0.3, 0.4) is 0 Å². The summed E-state index contributed by atoms with van der Waals surface area (Å²) in [5, 5.41) is 10.6. The minimum Gasteiger partial charge on any atom is -0.488 e. The Labute approximate surface area is 211 Å². The molecule has 0 fully saturated rings. The van der Waals surface area contributed by atoms with Gasteiger partial charge in [0.1, 0.15) is 23.3 Å². The summed E-state index contributed by atoms with van der Waals surface area (Å²) >= 11 is 1.55. The quantitative estimate of drug-likeness (QED) is 0.287. The van der Waals surface area contributed by atoms with Gasteiger partial charge in [-0.15, -0.1) is 11.3 Å². The molecule has 0 aliphatic heterocycles. The SMILES string of the molecule is COC(=O)c1ccc(COc2ccccc2/C=C(\C#N)c2nc3sc4c(c3c(=O)[nH]2)CCCC4)cc1. The number of aromatic nitrogens is 2. The summed E-state index contributed by atoms with van der Waals surface area (Å²) in [6.07, 6.45) is 5.75. The molecule has 0 unspecified atom stereocenters. The second-order valence-electron chi connectivity index (χ2n) is 8.49. The number of carbonyl (C=O) groups is 1. The van der Waals surface area contributed by atoms with E-state index < -0.39 is 5.97 Å². The lowest BCUT2D eigenvalue weighted by molar-refractivity contribution is 0.0600. The van der Waals surface area contributed by atoms with Crippen LogP contribution in [0.1, 0.15) is 50.6 Å². The van der Waals surface area contributed by atoms with Gasteiger partial charge in [0.2, 0.25) is 0 Å². The molecule has 0 bridgehead atoms. The number of hydrogen-bond acceptors (Lipinski definition) is 7. The highest BCUT2D eigenvalue weighted by Gasteiger charge is 2.20. The van der Waals surface area contributed by atoms with Gasteiger partial charge in [-0.1, -0.05) is 30.3 Å². The summed E-state index contributed by atoms with van der Waals surface area (Å²) in [6.45, 7) is 0.274. The summed E-state index contributed by atoms with van der Waals surface area (Å²) in [6, 6.07) is 16.5. The van der Waals surface area contributed by atoms with E-state index in [9.17, 15) is 14.9 Å². The van der Waals surface area contributed by atoms with E-state index in [2.05, 4.69) is 16.0 Å². The zero-order valence-corrected chi connectivity index (χ0v) is 20.5. The van der Waals surface area contributed by atoms with E-state index in [-0.39, 0.29) is 23.6 Å². The molecule has 1 N–H and O–H groups in total. The van der Waals surface area contributed by atoms with Crippen molar-refractivity contribution in [1.82, 2.24) is 9.97 Å². The number of carbonyl (C=O) groups excluding carboxylic acids is 1. The number of ether oxygens (including phenoxy) is 2. The molecule has 2 heterocycles. The van der Waals surface area contributed by atoms with Crippen LogP contribution in [0.5, 0.6) is 5.75 Å². The lowest BCUT2D eigenvalue weighted by Crippen LogP contribution is -2.12. The molecule has 1 aliphatic carbocycles. The van der Waals surface area contributed by atoms with E-state index in [0.717, 1.165) is 36.8 Å². The molecule has 4 aromatic rings. The van der Waals surface area contributed by atoms with Gasteiger partial charge in [0.05, 0.1) is 23.6 Å². The smallest absolute Gasteiger partial charge is 0.337 e. The maximum Gasteiger partial charge on any atom is 0.337 e. The third kappa shape index (κ3) is 4.66. The minimum absolute atomic E-state index is 0.199. The van der Waals surface area contributed by atoms with Crippen molar-refractivity contribution in [3.8, 4) is 11.8 Å². The van der Waals surface area contributed by atoms with Gasteiger partial charge >= 0.3 is 5.97 Å². The van der Waals surface area contributed by atoms with E-state index in [1.165, 1.54) is 12.0 Å². The van der Waals surface area contributed by atoms with Crippen molar-refractivity contribution >= 4 is 39.2 Å². The number of aryl methyl sites for hydroxylation is 2. The fraction of sp³-hybridized carbons (Fsp3) is 0.214. The van der Waals surface area contributed by atoms with Crippen molar-refractivity contribution < 1.29 is 14.3 Å². The first-order valence-electron chi connectivity index (χ1n) is 11.6. The minimum atomic E-state index is -0.394. The molecule has 0 spiro atoms. The Bertz CT molecular complexity index is 1580. The predicted molar refractivity (Wildman–Crippen MR) is 139 cm³/mol. The average molecular weight is 498 g/mol. The highest BCUT2D eigenvalue weighted by atomic mass is 32.1. The summed E-state index contributed by atoms with van der Waals surface area (Å²) in [5.41, 5.74) is 3.19. The first kappa shape index (κ1) is 23.5. The average Bonchev–Trinajstić information content (AvgIpc) is 3.30. The first-order valence-corrected chi connectivity index (χ1v) is 12.4. The third-order valence-electron chi connectivity index (χ3n) is 6.19. The Morgan fingerprint density at radius 1 is 1.17 bits per heavy atom. The number of esters is 1. The fourth-order valence-electron chi connectivity index (χ4n) is 4.35. The second-order valence-corrected chi connectivity index (χ2v) is 9.57. The third-order valence-corrected chi connectivity index (χ3v) is 7.37. The van der Waals surface area contributed by atoms with Crippen LogP contribution >= 0.6 is 11.3 Å². The molecule has 0 atom stereocenters. The van der Waals surface area contributed by atoms with E-state index in [1.807, 2.05) is 24.3 Å². The van der Waals surface area contributed by atoms with E-state index in [4.69, 9.17) is 9.47 Å². The number of methoxy groups -OCH3 is 1. The van der Waals surface area contributed by atoms with Crippen LogP contribution in [0.2, 0.25) is 0 Å². The van der Waals surface area contributed by atoms with Crippen LogP contribution in [-0.2, 0) is 24.2 Å². The predicted octanol–water partition coefficient (Wildman–Crippen LogP) is 5.29. The van der Waals surface area contributed by atoms with Crippen molar-refractivity contribution in [1.29, 1.82) is 5.26 Å². The van der Waals surface area contributed by atoms with Gasteiger partial charge < -0.3 is 14.5 Å². The molecule has 5 rings (SSSR count). The molecule has 0 saturated carbocycles. The number of para-hydroxylation sites is 1. The second kappa shape index (κ2) is 10.2. The van der Waals surface area contributed by atoms with Gasteiger partial charge in [-0.2, -0.15) is 5.26 Å². The number of benzene rings is 2. The van der Waals surface area contributed by atoms with Crippen LogP contribution in [-0.4, -0.2) is 23.0 Å². The van der Waals surface area contributed by atoms with Gasteiger partial charge in [0.15, 0.2) is 5.82 Å². The number of nitrogens with zero attached hydrogens (tertiary/aromatic N) is 2. The molecule has 1 aliphatic rings. The Morgan fingerprint density at radius 2 is 1.94 bits per heavy atom. The van der Waals surface area contributed by atoms with E-state index in [1.54, 1.807) is 41.7 Å². The van der Waals surface area contributed by atoms with Crippen molar-refractivity contribution in [2.24, 2.45) is 0 Å². The van der Waals surface area contributed by atoms with Crippen molar-refractivity contribution in [3.63, 3.8) is 0 Å². The number of nitrogens with one attached hydrogen (secondary N) is 1. The molecular formula is C28H23N3O4S. The molecule has 180 valence electrons. The number of H-pyrrole nitrogens is 1. The van der Waals surface area contributed by atoms with Gasteiger partial charge in [0.25, 0.3) is 5.56 Å². The maximum absolute atomic E-state index is 12.9. The highest BCUT2D eigenvalue weighted by Crippen LogP contribution is 2.34. The normalized spacial score (nSPS) is 13.2. The molecule has 2 aromatic carbocycles. The molecule has 0 saturated heterocycles. The Morgan fingerprint density at radius 3 is 2.72 bits per heavy atom. The molecule has 8 heteroatoms. The highest BCUT2D eigenvalue weighted by molar-refractivity contribution is 7.18. The Kier molecular flexibility index (Phi) is 6.65. The van der Waals surface area contributed by atoms with Crippen LogP contribution < -0.4 is 10.3 Å². The molecule has 36 heavy (non-hydrogen) atoms. The van der Waals surface area contributed by atoms with Crippen LogP contribution in [0, 0.1) is 11.3 Å². The molecule has 2 aromatic heterocycles. The largest absolute Gasteiger partial charge is 0.488 e. The number of rotatable bonds is 6. The van der Waals surface area contributed by atoms with Crippen molar-refractivity contribution in [3.05, 3.63) is 91.8 Å². The number of hydrogen-bond donors (Lipinski definition) is 1. The van der Waals surface area contributed by atoms with Crippen LogP contribution in [0.15, 0.2) is 53.3 Å². The van der Waals surface area contributed by atoms with Crippen molar-refractivity contribution in [2.45, 2.75) is 32.3 Å². The number of aromatic amines is 1. The van der Waals surface area contributed by atoms with Gasteiger partial charge in [-0.05, 0) is 61.1 Å². The topological polar surface area (TPSA) is 105 Å². The van der Waals surface area contributed by atoms with Gasteiger partial charge in [-0.3, -0.25) is 4.79 Å². The summed E-state index contributed by atoms with van der Waals surface area (Å²) in [4.78, 5) is 34.0. The number of thiophene rings is 1. The number of nitriles is 1. The number of allylic oxidation sites excluding steroid dienone is 1. The standard InChI is InChI=1S/C28H23N3O4S/c1-34-28(33)18-12-10-17(11-13-18)16-35-22-8-4-2-6-19(22)14-20(15-29)25-30-26(32)24-21-7-3-5-9-23(21)36-27(24)31-25/h2,4,6,8,10-14H,3,5,7,9,16H2,1H3,(H,30,31,32)/b20-14+. The Hall–Kier alpha value is -4.22. The molecular weight excluding hydrogens is 474 g/mol. The van der Waals surface area contributed by atoms with Crippen molar-refractivity contribution in [2.75, 3.05) is 7.11 Å². The summed E-state index contributed by atoms with van der Waals surface area (Å²) in [5.74, 6) is 0.439. The lowest BCUT2D eigenvalue weighted by atomic mass is 9.97. The molecule has 0 radical (unpaired) electrons. The zero-order chi connectivity index (χ0) is 25.1. The number of fused-ring (bicyclic) bond motifs is 3. The lowest BCUT2D eigenvalue weighted by Gasteiger charge is -2.10. The van der Waals surface area contributed by atoms with Crippen LogP contribution in [0.25, 0.3) is 21.9 Å². The van der Waals surface area contributed by atoms with E-state index in [0.29, 0.717) is 27.1 Å². The zero-order valence-electron chi connectivity index (χ0n) is 19.7.